The van der Waals surface area contributed by atoms with Gasteiger partial charge in [-0.25, -0.2) is 0 Å². The molecule has 0 radical (unpaired) electrons. The Balaban J connectivity index is 2.08. The van der Waals surface area contributed by atoms with Crippen molar-refractivity contribution in [2.45, 2.75) is 12.6 Å². The maximum Gasteiger partial charge on any atom is 0.119 e. The van der Waals surface area contributed by atoms with Gasteiger partial charge in [0.05, 0.1) is 26.4 Å². The highest BCUT2D eigenvalue weighted by molar-refractivity contribution is 5.84. The smallest absolute Gasteiger partial charge is 0.119 e. The summed E-state index contributed by atoms with van der Waals surface area (Å²) in [5.41, 5.74) is 1.18. The van der Waals surface area contributed by atoms with E-state index >= 15 is 0 Å². The molecule has 0 amide bonds. The Morgan fingerprint density at radius 3 is 2.55 bits per heavy atom. The van der Waals surface area contributed by atoms with Crippen molar-refractivity contribution in [1.82, 2.24) is 5.32 Å². The zero-order chi connectivity index (χ0) is 14.4. The van der Waals surface area contributed by atoms with Crippen molar-refractivity contribution in [1.29, 1.82) is 0 Å². The minimum atomic E-state index is -0.0356. The zero-order valence-electron chi connectivity index (χ0n) is 11.9. The average molecular weight is 275 g/mol. The van der Waals surface area contributed by atoms with Gasteiger partial charge in [-0.05, 0) is 34.5 Å². The molecule has 0 saturated carbocycles. The van der Waals surface area contributed by atoms with Crippen molar-refractivity contribution in [2.24, 2.45) is 0 Å². The van der Waals surface area contributed by atoms with Gasteiger partial charge in [-0.1, -0.05) is 18.2 Å². The molecule has 1 unspecified atom stereocenters. The Morgan fingerprint density at radius 2 is 1.85 bits per heavy atom. The van der Waals surface area contributed by atoms with Crippen molar-refractivity contribution in [2.75, 3.05) is 27.4 Å². The summed E-state index contributed by atoms with van der Waals surface area (Å²) in [7, 11) is 3.30. The van der Waals surface area contributed by atoms with Crippen LogP contribution < -0.4 is 10.1 Å². The van der Waals surface area contributed by atoms with Gasteiger partial charge in [-0.2, -0.15) is 0 Å². The van der Waals surface area contributed by atoms with Crippen LogP contribution in [0.25, 0.3) is 10.8 Å². The molecule has 2 rings (SSSR count). The minimum absolute atomic E-state index is 0.0356. The van der Waals surface area contributed by atoms with Crippen molar-refractivity contribution < 1.29 is 14.6 Å². The van der Waals surface area contributed by atoms with Gasteiger partial charge in [0, 0.05) is 13.7 Å². The molecule has 4 nitrogen and oxygen atoms in total. The zero-order valence-corrected chi connectivity index (χ0v) is 11.9. The molecule has 1 atom stereocenters. The van der Waals surface area contributed by atoms with Crippen LogP contribution in [0.2, 0.25) is 0 Å². The van der Waals surface area contributed by atoms with Gasteiger partial charge in [-0.3, -0.25) is 0 Å². The first-order valence-corrected chi connectivity index (χ1v) is 6.66. The third kappa shape index (κ3) is 3.70. The van der Waals surface area contributed by atoms with Crippen LogP contribution in [-0.2, 0) is 11.3 Å². The number of hydrogen-bond acceptors (Lipinski definition) is 4. The van der Waals surface area contributed by atoms with Gasteiger partial charge >= 0.3 is 0 Å². The number of hydrogen-bond donors (Lipinski definition) is 2. The fourth-order valence-electron chi connectivity index (χ4n) is 2.15. The largest absolute Gasteiger partial charge is 0.497 e. The quantitative estimate of drug-likeness (QED) is 0.811. The molecular weight excluding hydrogens is 254 g/mol. The third-order valence-corrected chi connectivity index (χ3v) is 3.29. The summed E-state index contributed by atoms with van der Waals surface area (Å²) in [5, 5.41) is 14.8. The molecule has 20 heavy (non-hydrogen) atoms. The second-order valence-corrected chi connectivity index (χ2v) is 4.76. The molecule has 0 aromatic heterocycles. The second kappa shape index (κ2) is 7.24. The first-order valence-electron chi connectivity index (χ1n) is 6.66. The summed E-state index contributed by atoms with van der Waals surface area (Å²) in [6.45, 7) is 1.27. The predicted octanol–water partition coefficient (Wildman–Crippen LogP) is 1.95. The van der Waals surface area contributed by atoms with Crippen molar-refractivity contribution in [3.63, 3.8) is 0 Å². The fourth-order valence-corrected chi connectivity index (χ4v) is 2.15. The highest BCUT2D eigenvalue weighted by Crippen LogP contribution is 2.21. The van der Waals surface area contributed by atoms with Gasteiger partial charge in [-0.15, -0.1) is 0 Å². The molecule has 0 aliphatic heterocycles. The van der Waals surface area contributed by atoms with E-state index in [1.165, 1.54) is 10.9 Å². The van der Waals surface area contributed by atoms with E-state index in [0.717, 1.165) is 11.1 Å². The predicted molar refractivity (Wildman–Crippen MR) is 80.1 cm³/mol. The lowest BCUT2D eigenvalue weighted by Crippen LogP contribution is -2.35. The molecular formula is C16H21NO3. The van der Waals surface area contributed by atoms with Crippen LogP contribution in [0.1, 0.15) is 5.56 Å². The highest BCUT2D eigenvalue weighted by atomic mass is 16.5. The molecule has 0 saturated heterocycles. The lowest BCUT2D eigenvalue weighted by atomic mass is 10.1. The molecule has 2 aromatic rings. The monoisotopic (exact) mass is 275 g/mol. The SMILES string of the molecule is COCC(CO)NCc1ccc2cc(OC)ccc2c1. The summed E-state index contributed by atoms with van der Waals surface area (Å²) < 4.78 is 10.3. The number of rotatable bonds is 7. The molecule has 0 fully saturated rings. The van der Waals surface area contributed by atoms with E-state index < -0.39 is 0 Å². The second-order valence-electron chi connectivity index (χ2n) is 4.76. The molecule has 108 valence electrons. The highest BCUT2D eigenvalue weighted by Gasteiger charge is 2.06. The van der Waals surface area contributed by atoms with Gasteiger partial charge < -0.3 is 19.9 Å². The van der Waals surface area contributed by atoms with Crippen LogP contribution in [0.3, 0.4) is 0 Å². The van der Waals surface area contributed by atoms with E-state index in [2.05, 4.69) is 29.6 Å². The number of nitrogens with one attached hydrogen (secondary N) is 1. The van der Waals surface area contributed by atoms with E-state index in [0.29, 0.717) is 13.2 Å². The summed E-state index contributed by atoms with van der Waals surface area (Å²) in [4.78, 5) is 0. The van der Waals surface area contributed by atoms with E-state index in [1.54, 1.807) is 14.2 Å². The van der Waals surface area contributed by atoms with Crippen LogP contribution in [0.4, 0.5) is 0 Å². The first kappa shape index (κ1) is 14.8. The topological polar surface area (TPSA) is 50.7 Å². The number of aliphatic hydroxyl groups excluding tert-OH is 1. The van der Waals surface area contributed by atoms with Crippen LogP contribution in [0.5, 0.6) is 5.75 Å². The van der Waals surface area contributed by atoms with Crippen LogP contribution in [0.15, 0.2) is 36.4 Å². The summed E-state index contributed by atoms with van der Waals surface area (Å²) >= 11 is 0. The Kier molecular flexibility index (Phi) is 5.35. The Bertz CT molecular complexity index is 556. The lowest BCUT2D eigenvalue weighted by molar-refractivity contribution is 0.128. The van der Waals surface area contributed by atoms with Gasteiger partial charge in [0.25, 0.3) is 0 Å². The number of aliphatic hydroxyl groups is 1. The van der Waals surface area contributed by atoms with E-state index in [9.17, 15) is 5.11 Å². The molecule has 2 aromatic carbocycles. The summed E-state index contributed by atoms with van der Waals surface area (Å²) in [6, 6.07) is 12.3. The number of ether oxygens (including phenoxy) is 2. The third-order valence-electron chi connectivity index (χ3n) is 3.29. The molecule has 2 N–H and O–H groups in total. The Morgan fingerprint density at radius 1 is 1.10 bits per heavy atom. The molecule has 0 bridgehead atoms. The van der Waals surface area contributed by atoms with Crippen LogP contribution in [-0.4, -0.2) is 38.6 Å². The maximum absolute atomic E-state index is 9.21. The van der Waals surface area contributed by atoms with E-state index in [-0.39, 0.29) is 12.6 Å². The Hall–Kier alpha value is -1.62. The van der Waals surface area contributed by atoms with Gasteiger partial charge in [0.2, 0.25) is 0 Å². The Labute approximate surface area is 119 Å². The van der Waals surface area contributed by atoms with Gasteiger partial charge in [0.1, 0.15) is 5.75 Å². The van der Waals surface area contributed by atoms with Crippen molar-refractivity contribution in [3.05, 3.63) is 42.0 Å². The number of benzene rings is 2. The molecule has 4 heteroatoms. The normalized spacial score (nSPS) is 12.6. The van der Waals surface area contributed by atoms with E-state index in [4.69, 9.17) is 9.47 Å². The number of fused-ring (bicyclic) bond motifs is 1. The summed E-state index contributed by atoms with van der Waals surface area (Å²) in [6.07, 6.45) is 0. The fraction of sp³-hybridized carbons (Fsp3) is 0.375. The standard InChI is InChI=1S/C16H21NO3/c1-19-11-15(10-18)17-9-12-3-4-14-8-16(20-2)6-5-13(14)7-12/h3-8,15,17-18H,9-11H2,1-2H3. The summed E-state index contributed by atoms with van der Waals surface area (Å²) in [5.74, 6) is 0.865. The first-order chi connectivity index (χ1) is 9.76. The van der Waals surface area contributed by atoms with Crippen molar-refractivity contribution in [3.8, 4) is 5.75 Å². The average Bonchev–Trinajstić information content (AvgIpc) is 2.50. The lowest BCUT2D eigenvalue weighted by Gasteiger charge is -2.15. The molecule has 0 aliphatic rings. The molecule has 0 spiro atoms. The number of methoxy groups -OCH3 is 2. The van der Waals surface area contributed by atoms with Gasteiger partial charge in [0.15, 0.2) is 0 Å². The van der Waals surface area contributed by atoms with Crippen molar-refractivity contribution >= 4 is 10.8 Å². The van der Waals surface area contributed by atoms with Crippen LogP contribution in [0, 0.1) is 0 Å². The molecule has 0 heterocycles. The maximum atomic E-state index is 9.21. The molecule has 0 aliphatic carbocycles. The van der Waals surface area contributed by atoms with Crippen LogP contribution >= 0.6 is 0 Å². The van der Waals surface area contributed by atoms with E-state index in [1.807, 2.05) is 12.1 Å². The minimum Gasteiger partial charge on any atom is -0.497 e.